The largest absolute Gasteiger partial charge is 0.309 e. The van der Waals surface area contributed by atoms with E-state index in [2.05, 4.69) is 42.1 Å². The number of thiophene rings is 1. The van der Waals surface area contributed by atoms with Crippen LogP contribution in [0.25, 0.3) is 0 Å². The van der Waals surface area contributed by atoms with Gasteiger partial charge in [0.25, 0.3) is 0 Å². The Morgan fingerprint density at radius 1 is 1.50 bits per heavy atom. The van der Waals surface area contributed by atoms with Crippen LogP contribution < -0.4 is 5.32 Å². The number of piperidine rings is 1. The smallest absolute Gasteiger partial charge is 0.0304 e. The lowest BCUT2D eigenvalue weighted by molar-refractivity contribution is 0.211. The van der Waals surface area contributed by atoms with Crippen LogP contribution in [-0.2, 0) is 6.54 Å². The molecule has 0 radical (unpaired) electrons. The Hall–Kier alpha value is -0.640. The standard InChI is InChI=1S/C15H24N2S/c1-12(2)11-17-7-4-14(5-8-17)16-10-15-13(3)6-9-18-15/h6,9,14,16H,1,4-5,7-8,10-11H2,2-3H3. The molecular formula is C15H24N2S. The first-order valence-corrected chi connectivity index (χ1v) is 7.66. The predicted molar refractivity (Wildman–Crippen MR) is 80.2 cm³/mol. The van der Waals surface area contributed by atoms with Gasteiger partial charge in [0, 0.05) is 24.0 Å². The van der Waals surface area contributed by atoms with Crippen LogP contribution in [0.5, 0.6) is 0 Å². The van der Waals surface area contributed by atoms with E-state index in [9.17, 15) is 0 Å². The van der Waals surface area contributed by atoms with Gasteiger partial charge in [0.15, 0.2) is 0 Å². The summed E-state index contributed by atoms with van der Waals surface area (Å²) < 4.78 is 0. The molecule has 2 nitrogen and oxygen atoms in total. The van der Waals surface area contributed by atoms with Crippen LogP contribution in [-0.4, -0.2) is 30.6 Å². The third-order valence-corrected chi connectivity index (χ3v) is 4.62. The molecular weight excluding hydrogens is 240 g/mol. The molecule has 0 saturated carbocycles. The van der Waals surface area contributed by atoms with E-state index in [0.717, 1.165) is 13.1 Å². The van der Waals surface area contributed by atoms with E-state index in [-0.39, 0.29) is 0 Å². The van der Waals surface area contributed by atoms with Gasteiger partial charge < -0.3 is 5.32 Å². The number of nitrogens with one attached hydrogen (secondary N) is 1. The molecule has 0 spiro atoms. The minimum Gasteiger partial charge on any atom is -0.309 e. The highest BCUT2D eigenvalue weighted by Crippen LogP contribution is 2.17. The van der Waals surface area contributed by atoms with Gasteiger partial charge in [-0.25, -0.2) is 0 Å². The fourth-order valence-electron chi connectivity index (χ4n) is 2.50. The second-order valence-electron chi connectivity index (χ2n) is 5.42. The van der Waals surface area contributed by atoms with Crippen molar-refractivity contribution in [3.05, 3.63) is 34.0 Å². The van der Waals surface area contributed by atoms with Crippen LogP contribution in [0.4, 0.5) is 0 Å². The van der Waals surface area contributed by atoms with Gasteiger partial charge in [0.05, 0.1) is 0 Å². The summed E-state index contributed by atoms with van der Waals surface area (Å²) in [7, 11) is 0. The number of aryl methyl sites for hydroxylation is 1. The fraction of sp³-hybridized carbons (Fsp3) is 0.600. The first kappa shape index (κ1) is 13.8. The van der Waals surface area contributed by atoms with Crippen LogP contribution in [0.15, 0.2) is 23.6 Å². The summed E-state index contributed by atoms with van der Waals surface area (Å²) in [6, 6.07) is 2.89. The third-order valence-electron chi connectivity index (χ3n) is 3.60. The maximum atomic E-state index is 3.99. The number of likely N-dealkylation sites (tertiary alicyclic amines) is 1. The van der Waals surface area contributed by atoms with Gasteiger partial charge in [-0.1, -0.05) is 12.2 Å². The van der Waals surface area contributed by atoms with Crippen molar-refractivity contribution in [2.75, 3.05) is 19.6 Å². The summed E-state index contributed by atoms with van der Waals surface area (Å²) in [5, 5.41) is 5.88. The Balaban J connectivity index is 1.71. The quantitative estimate of drug-likeness (QED) is 0.822. The summed E-state index contributed by atoms with van der Waals surface area (Å²) in [4.78, 5) is 4.00. The second-order valence-corrected chi connectivity index (χ2v) is 6.42. The topological polar surface area (TPSA) is 15.3 Å². The van der Waals surface area contributed by atoms with Crippen LogP contribution in [0, 0.1) is 6.92 Å². The lowest BCUT2D eigenvalue weighted by Crippen LogP contribution is -2.42. The molecule has 1 aromatic heterocycles. The van der Waals surface area contributed by atoms with Crippen molar-refractivity contribution in [2.45, 2.75) is 39.3 Å². The highest BCUT2D eigenvalue weighted by Gasteiger charge is 2.18. The zero-order chi connectivity index (χ0) is 13.0. The molecule has 0 bridgehead atoms. The van der Waals surface area contributed by atoms with Crippen LogP contribution in [0.2, 0.25) is 0 Å². The molecule has 0 unspecified atom stereocenters. The van der Waals surface area contributed by atoms with Crippen molar-refractivity contribution in [1.29, 1.82) is 0 Å². The molecule has 1 N–H and O–H groups in total. The van der Waals surface area contributed by atoms with Crippen molar-refractivity contribution in [1.82, 2.24) is 10.2 Å². The molecule has 0 aromatic carbocycles. The normalized spacial score (nSPS) is 18.1. The Kier molecular flexibility index (Phi) is 4.98. The molecule has 0 aliphatic carbocycles. The van der Waals surface area contributed by atoms with Crippen LogP contribution in [0.1, 0.15) is 30.2 Å². The van der Waals surface area contributed by atoms with Gasteiger partial charge in [0.1, 0.15) is 0 Å². The summed E-state index contributed by atoms with van der Waals surface area (Å²) in [6.07, 6.45) is 2.52. The number of rotatable bonds is 5. The van der Waals surface area contributed by atoms with E-state index in [4.69, 9.17) is 0 Å². The zero-order valence-electron chi connectivity index (χ0n) is 11.5. The lowest BCUT2D eigenvalue weighted by atomic mass is 10.0. The van der Waals surface area contributed by atoms with Gasteiger partial charge in [-0.05, 0) is 56.8 Å². The molecule has 1 aliphatic heterocycles. The van der Waals surface area contributed by atoms with Gasteiger partial charge >= 0.3 is 0 Å². The van der Waals surface area contributed by atoms with E-state index in [0.29, 0.717) is 6.04 Å². The van der Waals surface area contributed by atoms with E-state index in [1.807, 2.05) is 11.3 Å². The monoisotopic (exact) mass is 264 g/mol. The minimum atomic E-state index is 0.688. The maximum Gasteiger partial charge on any atom is 0.0304 e. The van der Waals surface area contributed by atoms with E-state index >= 15 is 0 Å². The van der Waals surface area contributed by atoms with Gasteiger partial charge in [-0.2, -0.15) is 0 Å². The van der Waals surface area contributed by atoms with Crippen molar-refractivity contribution < 1.29 is 0 Å². The summed E-state index contributed by atoms with van der Waals surface area (Å²) in [6.45, 7) is 12.8. The van der Waals surface area contributed by atoms with E-state index in [1.165, 1.54) is 41.9 Å². The van der Waals surface area contributed by atoms with E-state index in [1.54, 1.807) is 0 Å². The van der Waals surface area contributed by atoms with E-state index < -0.39 is 0 Å². The lowest BCUT2D eigenvalue weighted by Gasteiger charge is -2.32. The number of hydrogen-bond acceptors (Lipinski definition) is 3. The molecule has 2 rings (SSSR count). The van der Waals surface area contributed by atoms with Crippen LogP contribution in [0.3, 0.4) is 0 Å². The summed E-state index contributed by atoms with van der Waals surface area (Å²) in [5.41, 5.74) is 2.70. The average molecular weight is 264 g/mol. The summed E-state index contributed by atoms with van der Waals surface area (Å²) in [5.74, 6) is 0. The van der Waals surface area contributed by atoms with Crippen molar-refractivity contribution in [3.8, 4) is 0 Å². The molecule has 18 heavy (non-hydrogen) atoms. The Bertz CT molecular complexity index is 389. The highest BCUT2D eigenvalue weighted by atomic mass is 32.1. The number of hydrogen-bond donors (Lipinski definition) is 1. The molecule has 1 fully saturated rings. The van der Waals surface area contributed by atoms with Crippen molar-refractivity contribution in [2.24, 2.45) is 0 Å². The average Bonchev–Trinajstić information content (AvgIpc) is 2.73. The molecule has 0 amide bonds. The predicted octanol–water partition coefficient (Wildman–Crippen LogP) is 3.19. The molecule has 1 saturated heterocycles. The van der Waals surface area contributed by atoms with Gasteiger partial charge in [-0.3, -0.25) is 4.90 Å². The first-order chi connectivity index (χ1) is 8.65. The van der Waals surface area contributed by atoms with Crippen molar-refractivity contribution >= 4 is 11.3 Å². The molecule has 1 aromatic rings. The van der Waals surface area contributed by atoms with Gasteiger partial charge in [0.2, 0.25) is 0 Å². The number of nitrogens with zero attached hydrogens (tertiary/aromatic N) is 1. The van der Waals surface area contributed by atoms with Gasteiger partial charge in [-0.15, -0.1) is 11.3 Å². The summed E-state index contributed by atoms with van der Waals surface area (Å²) >= 11 is 1.86. The SMILES string of the molecule is C=C(C)CN1CCC(NCc2sccc2C)CC1. The highest BCUT2D eigenvalue weighted by molar-refractivity contribution is 7.10. The minimum absolute atomic E-state index is 0.688. The first-order valence-electron chi connectivity index (χ1n) is 6.78. The molecule has 0 atom stereocenters. The Morgan fingerprint density at radius 2 is 2.22 bits per heavy atom. The molecule has 2 heterocycles. The second kappa shape index (κ2) is 6.50. The Labute approximate surface area is 115 Å². The fourth-order valence-corrected chi connectivity index (χ4v) is 3.36. The molecule has 3 heteroatoms. The Morgan fingerprint density at radius 3 is 2.78 bits per heavy atom. The molecule has 1 aliphatic rings. The molecule has 100 valence electrons. The third kappa shape index (κ3) is 3.94. The zero-order valence-corrected chi connectivity index (χ0v) is 12.4. The maximum absolute atomic E-state index is 3.99. The van der Waals surface area contributed by atoms with Crippen molar-refractivity contribution in [3.63, 3.8) is 0 Å². The van der Waals surface area contributed by atoms with Crippen LogP contribution >= 0.6 is 11.3 Å².